The molecule has 1 N–H and O–H groups in total. The highest BCUT2D eigenvalue weighted by atomic mass is 16.5. The van der Waals surface area contributed by atoms with Crippen LogP contribution in [0.15, 0.2) is 24.3 Å². The van der Waals surface area contributed by atoms with Gasteiger partial charge in [0.1, 0.15) is 5.75 Å². The third kappa shape index (κ3) is 2.57. The van der Waals surface area contributed by atoms with E-state index in [1.54, 1.807) is 25.1 Å². The molecule has 3 nitrogen and oxygen atoms in total. The maximum atomic E-state index is 11.0. The Morgan fingerprint density at radius 1 is 1.50 bits per heavy atom. The molecule has 1 aromatic carbocycles. The molecule has 1 atom stereocenters. The summed E-state index contributed by atoms with van der Waals surface area (Å²) in [5, 5.41) is 9.00. The van der Waals surface area contributed by atoms with E-state index in [9.17, 15) is 4.79 Å². The molecule has 0 saturated heterocycles. The van der Waals surface area contributed by atoms with Crippen molar-refractivity contribution in [1.82, 2.24) is 0 Å². The van der Waals surface area contributed by atoms with Gasteiger partial charge in [-0.25, -0.2) is 0 Å². The Bertz CT molecular complexity index is 320. The third-order valence-electron chi connectivity index (χ3n) is 2.02. The predicted octanol–water partition coefficient (Wildman–Crippen LogP) is 1.54. The lowest BCUT2D eigenvalue weighted by molar-refractivity contribution is -0.122. The Hall–Kier alpha value is -1.35. The summed E-state index contributed by atoms with van der Waals surface area (Å²) in [5.74, 6) is 0.537. The van der Waals surface area contributed by atoms with E-state index in [4.69, 9.17) is 9.84 Å². The van der Waals surface area contributed by atoms with Crippen LogP contribution >= 0.6 is 0 Å². The zero-order chi connectivity index (χ0) is 10.6. The normalized spacial score (nSPS) is 12.2. The number of Topliss-reactive ketones (excluding diaryl/α,β-unsaturated/α-hetero) is 1. The van der Waals surface area contributed by atoms with Crippen LogP contribution in [0.25, 0.3) is 0 Å². The van der Waals surface area contributed by atoms with Gasteiger partial charge < -0.3 is 9.84 Å². The first-order valence-corrected chi connectivity index (χ1v) is 4.51. The number of ether oxygens (including phenoxy) is 1. The number of hydrogen-bond donors (Lipinski definition) is 1. The SMILES string of the molecule is CC(=O)C(C)Oc1ccccc1CO. The van der Waals surface area contributed by atoms with Gasteiger partial charge in [-0.2, -0.15) is 0 Å². The van der Waals surface area contributed by atoms with Crippen molar-refractivity contribution >= 4 is 5.78 Å². The highest BCUT2D eigenvalue weighted by molar-refractivity contribution is 5.80. The molecule has 0 aliphatic heterocycles. The topological polar surface area (TPSA) is 46.5 Å². The number of ketones is 1. The van der Waals surface area contributed by atoms with Crippen molar-refractivity contribution < 1.29 is 14.6 Å². The quantitative estimate of drug-likeness (QED) is 0.790. The standard InChI is InChI=1S/C11H14O3/c1-8(13)9(2)14-11-6-4-3-5-10(11)7-12/h3-6,9,12H,7H2,1-2H3. The number of para-hydroxylation sites is 1. The van der Waals surface area contributed by atoms with Gasteiger partial charge in [-0.3, -0.25) is 4.79 Å². The molecule has 76 valence electrons. The Labute approximate surface area is 83.3 Å². The van der Waals surface area contributed by atoms with Gasteiger partial charge in [-0.1, -0.05) is 18.2 Å². The van der Waals surface area contributed by atoms with Crippen molar-refractivity contribution in [3.63, 3.8) is 0 Å². The lowest BCUT2D eigenvalue weighted by Crippen LogP contribution is -2.21. The van der Waals surface area contributed by atoms with Gasteiger partial charge in [0, 0.05) is 5.56 Å². The van der Waals surface area contributed by atoms with E-state index in [1.165, 1.54) is 6.92 Å². The fourth-order valence-electron chi connectivity index (χ4n) is 1.02. The zero-order valence-corrected chi connectivity index (χ0v) is 8.36. The summed E-state index contributed by atoms with van der Waals surface area (Å²) in [4.78, 5) is 11.0. The molecule has 1 unspecified atom stereocenters. The minimum atomic E-state index is -0.470. The van der Waals surface area contributed by atoms with E-state index in [2.05, 4.69) is 0 Å². The van der Waals surface area contributed by atoms with Crippen LogP contribution in [-0.4, -0.2) is 17.0 Å². The molecule has 0 saturated carbocycles. The minimum absolute atomic E-state index is 0.0299. The van der Waals surface area contributed by atoms with Crippen LogP contribution in [0.3, 0.4) is 0 Å². The second-order valence-corrected chi connectivity index (χ2v) is 3.14. The van der Waals surface area contributed by atoms with Crippen LogP contribution in [0.2, 0.25) is 0 Å². The molecule has 0 bridgehead atoms. The maximum absolute atomic E-state index is 11.0. The van der Waals surface area contributed by atoms with Crippen LogP contribution < -0.4 is 4.74 Å². The van der Waals surface area contributed by atoms with Crippen LogP contribution in [0.5, 0.6) is 5.75 Å². The summed E-state index contributed by atoms with van der Waals surface area (Å²) in [6.07, 6.45) is -0.470. The molecule has 3 heteroatoms. The Kier molecular flexibility index (Phi) is 3.65. The van der Waals surface area contributed by atoms with Gasteiger partial charge in [-0.05, 0) is 19.9 Å². The van der Waals surface area contributed by atoms with E-state index >= 15 is 0 Å². The van der Waals surface area contributed by atoms with Gasteiger partial charge >= 0.3 is 0 Å². The van der Waals surface area contributed by atoms with Gasteiger partial charge in [-0.15, -0.1) is 0 Å². The minimum Gasteiger partial charge on any atom is -0.483 e. The van der Waals surface area contributed by atoms with Crippen molar-refractivity contribution in [3.05, 3.63) is 29.8 Å². The van der Waals surface area contributed by atoms with Gasteiger partial charge in [0.2, 0.25) is 0 Å². The maximum Gasteiger partial charge on any atom is 0.169 e. The summed E-state index contributed by atoms with van der Waals surface area (Å²) in [6, 6.07) is 7.13. The first-order valence-electron chi connectivity index (χ1n) is 4.51. The largest absolute Gasteiger partial charge is 0.483 e. The van der Waals surface area contributed by atoms with Crippen molar-refractivity contribution in [2.45, 2.75) is 26.6 Å². The molecule has 0 heterocycles. The molecule has 1 aromatic rings. The first-order chi connectivity index (χ1) is 6.65. The Morgan fingerprint density at radius 3 is 2.71 bits per heavy atom. The van der Waals surface area contributed by atoms with Crippen molar-refractivity contribution in [2.24, 2.45) is 0 Å². The van der Waals surface area contributed by atoms with E-state index in [-0.39, 0.29) is 12.4 Å². The molecule has 0 amide bonds. The summed E-state index contributed by atoms with van der Waals surface area (Å²) >= 11 is 0. The van der Waals surface area contributed by atoms with Gasteiger partial charge in [0.05, 0.1) is 6.61 Å². The zero-order valence-electron chi connectivity index (χ0n) is 8.36. The summed E-state index contributed by atoms with van der Waals surface area (Å²) in [6.45, 7) is 3.09. The monoisotopic (exact) mass is 194 g/mol. The fourth-order valence-corrected chi connectivity index (χ4v) is 1.02. The number of aliphatic hydroxyl groups is 1. The summed E-state index contributed by atoms with van der Waals surface area (Å²) in [7, 11) is 0. The number of carbonyl (C=O) groups excluding carboxylic acids is 1. The number of rotatable bonds is 4. The highest BCUT2D eigenvalue weighted by Gasteiger charge is 2.10. The van der Waals surface area contributed by atoms with E-state index in [0.29, 0.717) is 11.3 Å². The molecule has 1 rings (SSSR count). The molecule has 0 aliphatic rings. The molecule has 0 spiro atoms. The van der Waals surface area contributed by atoms with Crippen LogP contribution in [0, 0.1) is 0 Å². The Morgan fingerprint density at radius 2 is 2.14 bits per heavy atom. The summed E-state index contributed by atoms with van der Waals surface area (Å²) < 4.78 is 5.39. The van der Waals surface area contributed by atoms with Crippen molar-refractivity contribution in [2.75, 3.05) is 0 Å². The smallest absolute Gasteiger partial charge is 0.169 e. The van der Waals surface area contributed by atoms with E-state index in [0.717, 1.165) is 0 Å². The third-order valence-corrected chi connectivity index (χ3v) is 2.02. The van der Waals surface area contributed by atoms with Crippen molar-refractivity contribution in [3.8, 4) is 5.75 Å². The predicted molar refractivity (Wildman–Crippen MR) is 53.1 cm³/mol. The average molecular weight is 194 g/mol. The van der Waals surface area contributed by atoms with Gasteiger partial charge in [0.25, 0.3) is 0 Å². The molecular weight excluding hydrogens is 180 g/mol. The van der Waals surface area contributed by atoms with Crippen LogP contribution in [0.1, 0.15) is 19.4 Å². The highest BCUT2D eigenvalue weighted by Crippen LogP contribution is 2.19. The summed E-state index contributed by atoms with van der Waals surface area (Å²) in [5.41, 5.74) is 0.695. The molecule has 0 radical (unpaired) electrons. The molecule has 0 aromatic heterocycles. The van der Waals surface area contributed by atoms with Crippen LogP contribution in [-0.2, 0) is 11.4 Å². The second-order valence-electron chi connectivity index (χ2n) is 3.14. The lowest BCUT2D eigenvalue weighted by atomic mass is 10.2. The molecule has 14 heavy (non-hydrogen) atoms. The number of carbonyl (C=O) groups is 1. The number of hydrogen-bond acceptors (Lipinski definition) is 3. The van der Waals surface area contributed by atoms with Crippen LogP contribution in [0.4, 0.5) is 0 Å². The Balaban J connectivity index is 2.80. The average Bonchev–Trinajstić information content (AvgIpc) is 2.18. The van der Waals surface area contributed by atoms with Crippen molar-refractivity contribution in [1.29, 1.82) is 0 Å². The number of benzene rings is 1. The van der Waals surface area contributed by atoms with E-state index < -0.39 is 6.10 Å². The fraction of sp³-hybridized carbons (Fsp3) is 0.364. The van der Waals surface area contributed by atoms with Gasteiger partial charge in [0.15, 0.2) is 11.9 Å². The lowest BCUT2D eigenvalue weighted by Gasteiger charge is -2.13. The first kappa shape index (κ1) is 10.7. The molecule has 0 fully saturated rings. The molecule has 0 aliphatic carbocycles. The molecular formula is C11H14O3. The number of aliphatic hydroxyl groups excluding tert-OH is 1. The second kappa shape index (κ2) is 4.77. The van der Waals surface area contributed by atoms with E-state index in [1.807, 2.05) is 6.07 Å².